The molecule has 3 aliphatic heterocycles. The fourth-order valence-corrected chi connectivity index (χ4v) is 13.9. The third-order valence-corrected chi connectivity index (χ3v) is 19.7. The number of thioether (sulfide) groups is 1. The van der Waals surface area contributed by atoms with Crippen LogP contribution in [0.15, 0.2) is 130 Å². The minimum atomic E-state index is -6.15. The zero-order chi connectivity index (χ0) is 58.4. The van der Waals surface area contributed by atoms with Gasteiger partial charge in [-0.1, -0.05) is 61.4 Å². The summed E-state index contributed by atoms with van der Waals surface area (Å²) in [5.41, 5.74) is -0.526. The molecule has 4 heterocycles. The number of nitrogens with one attached hydrogen (secondary N) is 4. The molecule has 3 fully saturated rings. The Hall–Kier alpha value is -6.08. The van der Waals surface area contributed by atoms with Gasteiger partial charge in [-0.15, -0.1) is 11.8 Å². The number of imide groups is 1. The number of rotatable bonds is 20. The lowest BCUT2D eigenvalue weighted by Gasteiger charge is -2.39. The van der Waals surface area contributed by atoms with Crippen molar-refractivity contribution in [3.8, 4) is 0 Å². The van der Waals surface area contributed by atoms with Gasteiger partial charge in [-0.3, -0.25) is 29.5 Å². The Labute approximate surface area is 485 Å². The van der Waals surface area contributed by atoms with E-state index in [9.17, 15) is 48.8 Å². The fourth-order valence-electron chi connectivity index (χ4n) is 10.8. The molecule has 0 bridgehead atoms. The van der Waals surface area contributed by atoms with E-state index in [0.29, 0.717) is 75.4 Å². The topological polar surface area (TPSA) is 193 Å². The van der Waals surface area contributed by atoms with E-state index in [0.717, 1.165) is 61.6 Å². The van der Waals surface area contributed by atoms with Crippen molar-refractivity contribution >= 4 is 83.6 Å². The van der Waals surface area contributed by atoms with Crippen molar-refractivity contribution in [3.05, 3.63) is 143 Å². The highest BCUT2D eigenvalue weighted by Crippen LogP contribution is 2.43. The van der Waals surface area contributed by atoms with Crippen LogP contribution in [0.3, 0.4) is 0 Å². The van der Waals surface area contributed by atoms with Gasteiger partial charge in [-0.2, -0.15) is 17.6 Å². The monoisotopic (exact) mass is 1210 g/mol. The van der Waals surface area contributed by atoms with E-state index >= 15 is 0 Å². The van der Waals surface area contributed by atoms with E-state index in [1.165, 1.54) is 46.8 Å². The Morgan fingerprint density at radius 1 is 0.829 bits per heavy atom. The lowest BCUT2D eigenvalue weighted by molar-refractivity contribution is -0.133. The number of benzene rings is 4. The summed E-state index contributed by atoms with van der Waals surface area (Å²) in [4.78, 5) is 48.9. The second-order valence-corrected chi connectivity index (χ2v) is 27.1. The minimum Gasteiger partial charge on any atom is -0.380 e. The van der Waals surface area contributed by atoms with Crippen LogP contribution >= 0.6 is 23.4 Å². The molecule has 3 amide bonds. The molecule has 1 aromatic heterocycles. The summed E-state index contributed by atoms with van der Waals surface area (Å²) in [6.45, 7) is 11.7. The van der Waals surface area contributed by atoms with E-state index in [2.05, 4.69) is 66.5 Å². The number of aromatic nitrogens is 1. The zero-order valence-corrected chi connectivity index (χ0v) is 48.7. The summed E-state index contributed by atoms with van der Waals surface area (Å²) in [6.07, 6.45) is 5.20. The molecule has 4 N–H and O–H groups in total. The third-order valence-electron chi connectivity index (χ3n) is 15.4. The number of carbonyl (C=O) groups excluding carboxylic acids is 3. The molecule has 4 aromatic carbocycles. The van der Waals surface area contributed by atoms with Crippen LogP contribution in [0.1, 0.15) is 73.9 Å². The van der Waals surface area contributed by atoms with Crippen LogP contribution in [-0.4, -0.2) is 143 Å². The molecule has 24 heteroatoms. The second-order valence-electron chi connectivity index (χ2n) is 22.0. The Balaban J connectivity index is 0.829. The number of alkyl halides is 3. The lowest BCUT2D eigenvalue weighted by Crippen LogP contribution is -2.47. The number of piperazine rings is 2. The third kappa shape index (κ3) is 15.4. The SMILES string of the molecule is CC1(C)CCC(c2ccc(Cl)cc2)=C(CN2CCN(c3ccc(C(=O)NS(=O)(=O)c4ccc(N[C@H](CCN5CCN(Cc6cnc(F)c(NC7CCC(=O)NC7=O)c6)CC5)CSc5ccccc5)c(S(=O)(=O)C(F)(F)F)c4)cc3)CC2)C1. The van der Waals surface area contributed by atoms with Gasteiger partial charge in [0.05, 0.1) is 16.3 Å². The van der Waals surface area contributed by atoms with Crippen LogP contribution in [0.5, 0.6) is 0 Å². The Morgan fingerprint density at radius 3 is 2.18 bits per heavy atom. The van der Waals surface area contributed by atoms with E-state index in [-0.39, 0.29) is 41.2 Å². The number of hydrogen-bond acceptors (Lipinski definition) is 15. The van der Waals surface area contributed by atoms with Crippen molar-refractivity contribution in [2.45, 2.75) is 91.2 Å². The van der Waals surface area contributed by atoms with Gasteiger partial charge in [-0.05, 0) is 127 Å². The van der Waals surface area contributed by atoms with Crippen molar-refractivity contribution in [2.24, 2.45) is 5.41 Å². The standard InChI is InChI=1S/C58H66ClF4N9O7S3/c1-57(2)22-20-48(40-8-12-43(59)13-9-40)42(34-57)37-71-28-30-72(31-29-71)45-14-10-41(11-15-45)55(74)68-82(78,79)47-16-17-49(52(33-47)81(76,77)58(61,62)63)65-44(38-80-46-6-4-3-5-7-46)21-23-69-24-26-70(27-25-69)36-39-32-51(54(60)64-35-39)66-50-18-19-53(73)67-56(50)75/h3-17,32-33,35,44,50,65-66H,18-31,34,36-38H2,1-2H3,(H,68,74)(H,67,73,75)/t44-,50?/m1/s1. The van der Waals surface area contributed by atoms with Crippen molar-refractivity contribution in [1.82, 2.24) is 29.7 Å². The van der Waals surface area contributed by atoms with Gasteiger partial charge in [0.25, 0.3) is 25.8 Å². The van der Waals surface area contributed by atoms with Crippen LogP contribution in [0.25, 0.3) is 5.57 Å². The van der Waals surface area contributed by atoms with E-state index in [4.69, 9.17) is 11.6 Å². The molecule has 2 atom stereocenters. The highest BCUT2D eigenvalue weighted by atomic mass is 35.5. The second kappa shape index (κ2) is 25.8. The first-order valence-corrected chi connectivity index (χ1v) is 31.5. The van der Waals surface area contributed by atoms with Gasteiger partial charge in [0.15, 0.2) is 0 Å². The molecule has 1 unspecified atom stereocenters. The quantitative estimate of drug-likeness (QED) is 0.0249. The zero-order valence-electron chi connectivity index (χ0n) is 45.5. The molecule has 4 aliphatic rings. The van der Waals surface area contributed by atoms with Crippen LogP contribution in [0, 0.1) is 11.4 Å². The smallest absolute Gasteiger partial charge is 0.380 e. The Morgan fingerprint density at radius 2 is 1.50 bits per heavy atom. The lowest BCUT2D eigenvalue weighted by atomic mass is 9.73. The van der Waals surface area contributed by atoms with Crippen molar-refractivity contribution in [2.75, 3.05) is 86.7 Å². The molecule has 0 spiro atoms. The summed E-state index contributed by atoms with van der Waals surface area (Å²) in [5.74, 6) is -2.48. The minimum absolute atomic E-state index is 0.0329. The number of hydrogen-bond donors (Lipinski definition) is 4. The summed E-state index contributed by atoms with van der Waals surface area (Å²) in [6, 6.07) is 26.2. The Bertz CT molecular complexity index is 3380. The highest BCUT2D eigenvalue weighted by Gasteiger charge is 2.48. The maximum absolute atomic E-state index is 14.7. The van der Waals surface area contributed by atoms with Crippen molar-refractivity contribution < 1.29 is 48.8 Å². The van der Waals surface area contributed by atoms with Gasteiger partial charge < -0.3 is 20.4 Å². The number of sulfone groups is 1. The van der Waals surface area contributed by atoms with Crippen LogP contribution in [-0.2, 0) is 36.0 Å². The van der Waals surface area contributed by atoms with Gasteiger partial charge in [0, 0.05) is 118 Å². The van der Waals surface area contributed by atoms with Gasteiger partial charge in [0.1, 0.15) is 10.9 Å². The summed E-state index contributed by atoms with van der Waals surface area (Å²) < 4.78 is 114. The first-order valence-electron chi connectivity index (χ1n) is 27.2. The van der Waals surface area contributed by atoms with Gasteiger partial charge in [0.2, 0.25) is 17.8 Å². The molecular weight excluding hydrogens is 1140 g/mol. The molecule has 9 rings (SSSR count). The number of sulfonamides is 1. The maximum atomic E-state index is 14.7. The summed E-state index contributed by atoms with van der Waals surface area (Å²) >= 11 is 7.61. The molecule has 0 radical (unpaired) electrons. The largest absolute Gasteiger partial charge is 0.501 e. The van der Waals surface area contributed by atoms with Crippen LogP contribution < -0.4 is 25.6 Å². The van der Waals surface area contributed by atoms with Crippen LogP contribution in [0.4, 0.5) is 34.6 Å². The Kier molecular flexibility index (Phi) is 19.1. The van der Waals surface area contributed by atoms with E-state index in [1.54, 1.807) is 18.2 Å². The molecule has 82 heavy (non-hydrogen) atoms. The number of allylic oxidation sites excluding steroid dienone is 1. The number of nitrogens with zero attached hydrogens (tertiary/aromatic N) is 5. The molecule has 0 saturated carbocycles. The number of piperidine rings is 1. The summed E-state index contributed by atoms with van der Waals surface area (Å²) in [5, 5.41) is 8.82. The number of amides is 3. The van der Waals surface area contributed by atoms with Gasteiger partial charge in [-0.25, -0.2) is 26.5 Å². The molecule has 438 valence electrons. The molecular formula is C58H66ClF4N9O7S3. The predicted octanol–water partition coefficient (Wildman–Crippen LogP) is 9.07. The molecule has 3 saturated heterocycles. The van der Waals surface area contributed by atoms with Crippen LogP contribution in [0.2, 0.25) is 5.02 Å². The first-order chi connectivity index (χ1) is 39.0. The average molecular weight is 1210 g/mol. The van der Waals surface area contributed by atoms with Gasteiger partial charge >= 0.3 is 5.51 Å². The first kappa shape index (κ1) is 60.5. The van der Waals surface area contributed by atoms with Crippen molar-refractivity contribution in [3.63, 3.8) is 0 Å². The average Bonchev–Trinajstić information content (AvgIpc) is 2.95. The van der Waals surface area contributed by atoms with E-state index in [1.807, 2.05) is 47.2 Å². The maximum Gasteiger partial charge on any atom is 0.501 e. The van der Waals surface area contributed by atoms with Crippen molar-refractivity contribution in [1.29, 1.82) is 0 Å². The summed E-state index contributed by atoms with van der Waals surface area (Å²) in [7, 11) is -11.1. The number of carbonyl (C=O) groups is 3. The fraction of sp³-hybridized carbons (Fsp3) is 0.414. The number of pyridine rings is 1. The normalized spacial score (nSPS) is 19.2. The molecule has 5 aromatic rings. The highest BCUT2D eigenvalue weighted by molar-refractivity contribution is 7.99. The number of anilines is 3. The number of halogens is 5. The predicted molar refractivity (Wildman–Crippen MR) is 310 cm³/mol. The van der Waals surface area contributed by atoms with E-state index < -0.39 is 70.7 Å². The molecule has 16 nitrogen and oxygen atoms in total. The molecule has 1 aliphatic carbocycles.